The second-order valence-electron chi connectivity index (χ2n) is 3.62. The van der Waals surface area contributed by atoms with Crippen molar-refractivity contribution in [2.75, 3.05) is 0 Å². The first-order chi connectivity index (χ1) is 8.16. The maximum atomic E-state index is 12.7. The molecule has 0 bridgehead atoms. The number of aromatic nitrogens is 3. The third kappa shape index (κ3) is 3.17. The Bertz CT molecular complexity index is 545. The van der Waals surface area contributed by atoms with Crippen molar-refractivity contribution in [2.45, 2.75) is 11.5 Å². The summed E-state index contributed by atoms with van der Waals surface area (Å²) in [6, 6.07) is 6.55. The van der Waals surface area contributed by atoms with E-state index in [0.717, 1.165) is 22.9 Å². The van der Waals surface area contributed by atoms with E-state index in [1.165, 1.54) is 12.1 Å². The first-order valence-corrected chi connectivity index (χ1v) is 6.65. The van der Waals surface area contributed by atoms with Crippen molar-refractivity contribution >= 4 is 24.0 Å². The smallest absolute Gasteiger partial charge is 0.194 e. The molecule has 0 saturated carbocycles. The molecule has 0 radical (unpaired) electrons. The number of H-pyrrole nitrogens is 1. The molecule has 6 heteroatoms. The number of halogens is 1. The molecule has 0 fully saturated rings. The molecule has 1 N–H and O–H groups in total. The largest absolute Gasteiger partial charge is 0.307 e. The lowest BCUT2D eigenvalue weighted by molar-refractivity contribution is 0.627. The van der Waals surface area contributed by atoms with Gasteiger partial charge in [0.25, 0.3) is 0 Å². The Morgan fingerprint density at radius 2 is 2.06 bits per heavy atom. The average Bonchev–Trinajstić information content (AvgIpc) is 2.64. The molecular weight excluding hydrogens is 257 g/mol. The summed E-state index contributed by atoms with van der Waals surface area (Å²) in [5, 5.41) is 6.87. The van der Waals surface area contributed by atoms with Crippen LogP contribution in [0.15, 0.2) is 24.3 Å². The molecule has 0 saturated heterocycles. The topological polar surface area (TPSA) is 33.6 Å². The van der Waals surface area contributed by atoms with Gasteiger partial charge < -0.3 is 4.57 Å². The Hall–Kier alpha value is -1.14. The van der Waals surface area contributed by atoms with Crippen molar-refractivity contribution in [1.29, 1.82) is 0 Å². The minimum atomic E-state index is -0.201. The van der Waals surface area contributed by atoms with Crippen molar-refractivity contribution in [3.8, 4) is 0 Å². The summed E-state index contributed by atoms with van der Waals surface area (Å²) in [4.78, 5) is 0. The number of hydrogen-bond acceptors (Lipinski definition) is 3. The summed E-state index contributed by atoms with van der Waals surface area (Å²) in [6.45, 7) is 0. The number of benzene rings is 1. The van der Waals surface area contributed by atoms with Gasteiger partial charge in [-0.15, -0.1) is 11.8 Å². The molecule has 90 valence electrons. The van der Waals surface area contributed by atoms with E-state index in [-0.39, 0.29) is 5.82 Å². The van der Waals surface area contributed by atoms with Crippen LogP contribution in [-0.4, -0.2) is 14.8 Å². The van der Waals surface area contributed by atoms with Crippen molar-refractivity contribution in [3.05, 3.63) is 46.2 Å². The number of rotatable bonds is 4. The highest BCUT2D eigenvalue weighted by atomic mass is 32.2. The normalized spacial score (nSPS) is 10.7. The number of thioether (sulfide) groups is 1. The van der Waals surface area contributed by atoms with E-state index in [0.29, 0.717) is 4.77 Å². The standard InChI is InChI=1S/C11H12FN3S2/c1-15-10(13-14-11(15)16)7-17-6-8-2-4-9(12)5-3-8/h2-5H,6-7H2,1H3,(H,14,16). The first-order valence-electron chi connectivity index (χ1n) is 5.09. The molecule has 0 unspecified atom stereocenters. The van der Waals surface area contributed by atoms with Crippen LogP contribution in [0.4, 0.5) is 4.39 Å². The zero-order valence-corrected chi connectivity index (χ0v) is 10.9. The molecular formula is C11H12FN3S2. The maximum Gasteiger partial charge on any atom is 0.194 e. The number of hydrogen-bond donors (Lipinski definition) is 1. The summed E-state index contributed by atoms with van der Waals surface area (Å²) in [5.41, 5.74) is 1.10. The Morgan fingerprint density at radius 1 is 1.35 bits per heavy atom. The van der Waals surface area contributed by atoms with Crippen LogP contribution in [-0.2, 0) is 18.6 Å². The van der Waals surface area contributed by atoms with Crippen LogP contribution in [0.3, 0.4) is 0 Å². The summed E-state index contributed by atoms with van der Waals surface area (Å²) < 4.78 is 15.2. The molecule has 2 rings (SSSR count). The maximum absolute atomic E-state index is 12.7. The highest BCUT2D eigenvalue weighted by Crippen LogP contribution is 2.16. The van der Waals surface area contributed by atoms with Gasteiger partial charge in [0.05, 0.1) is 5.75 Å². The molecule has 0 aliphatic carbocycles. The van der Waals surface area contributed by atoms with Gasteiger partial charge in [-0.2, -0.15) is 5.10 Å². The average molecular weight is 269 g/mol. The molecule has 0 spiro atoms. The lowest BCUT2D eigenvalue weighted by atomic mass is 10.2. The predicted octanol–water partition coefficient (Wildman–Crippen LogP) is 3.05. The predicted molar refractivity (Wildman–Crippen MR) is 69.8 cm³/mol. The van der Waals surface area contributed by atoms with E-state index in [1.807, 2.05) is 11.6 Å². The summed E-state index contributed by atoms with van der Waals surface area (Å²) in [5.74, 6) is 2.33. The lowest BCUT2D eigenvalue weighted by Crippen LogP contribution is -1.96. The van der Waals surface area contributed by atoms with Crippen LogP contribution in [0.1, 0.15) is 11.4 Å². The molecule has 0 atom stereocenters. The van der Waals surface area contributed by atoms with Crippen molar-refractivity contribution in [3.63, 3.8) is 0 Å². The van der Waals surface area contributed by atoms with Gasteiger partial charge >= 0.3 is 0 Å². The minimum absolute atomic E-state index is 0.201. The number of aromatic amines is 1. The summed E-state index contributed by atoms with van der Waals surface area (Å²) >= 11 is 6.75. The highest BCUT2D eigenvalue weighted by Gasteiger charge is 2.02. The molecule has 1 aromatic carbocycles. The zero-order chi connectivity index (χ0) is 12.3. The third-order valence-corrected chi connectivity index (χ3v) is 3.75. The quantitative estimate of drug-likeness (QED) is 0.866. The molecule has 17 heavy (non-hydrogen) atoms. The fraction of sp³-hybridized carbons (Fsp3) is 0.273. The van der Waals surface area contributed by atoms with E-state index in [4.69, 9.17) is 12.2 Å². The second-order valence-corrected chi connectivity index (χ2v) is 5.00. The second kappa shape index (κ2) is 5.46. The van der Waals surface area contributed by atoms with Gasteiger partial charge in [0.1, 0.15) is 11.6 Å². The van der Waals surface area contributed by atoms with Crippen LogP contribution in [0.5, 0.6) is 0 Å². The van der Waals surface area contributed by atoms with Gasteiger partial charge in [-0.3, -0.25) is 5.10 Å². The van der Waals surface area contributed by atoms with E-state index < -0.39 is 0 Å². The van der Waals surface area contributed by atoms with Gasteiger partial charge in [-0.05, 0) is 29.9 Å². The van der Waals surface area contributed by atoms with E-state index in [1.54, 1.807) is 23.9 Å². The van der Waals surface area contributed by atoms with E-state index >= 15 is 0 Å². The molecule has 0 aliphatic rings. The van der Waals surface area contributed by atoms with Gasteiger partial charge in [-0.25, -0.2) is 4.39 Å². The van der Waals surface area contributed by atoms with Gasteiger partial charge in [0.15, 0.2) is 4.77 Å². The Labute approximate surface area is 108 Å². The fourth-order valence-corrected chi connectivity index (χ4v) is 2.47. The van der Waals surface area contributed by atoms with Gasteiger partial charge in [0, 0.05) is 12.8 Å². The number of nitrogens with zero attached hydrogens (tertiary/aromatic N) is 2. The van der Waals surface area contributed by atoms with E-state index in [2.05, 4.69) is 10.2 Å². The molecule has 0 amide bonds. The van der Waals surface area contributed by atoms with Crippen LogP contribution < -0.4 is 0 Å². The molecule has 1 aromatic heterocycles. The van der Waals surface area contributed by atoms with Crippen LogP contribution in [0.25, 0.3) is 0 Å². The molecule has 0 aliphatic heterocycles. The Morgan fingerprint density at radius 3 is 2.65 bits per heavy atom. The Kier molecular flexibility index (Phi) is 3.96. The first kappa shape index (κ1) is 12.3. The zero-order valence-electron chi connectivity index (χ0n) is 9.31. The lowest BCUT2D eigenvalue weighted by Gasteiger charge is -2.01. The minimum Gasteiger partial charge on any atom is -0.307 e. The summed E-state index contributed by atoms with van der Waals surface area (Å²) in [7, 11) is 1.89. The van der Waals surface area contributed by atoms with Crippen LogP contribution in [0.2, 0.25) is 0 Å². The number of nitrogens with one attached hydrogen (secondary N) is 1. The third-order valence-electron chi connectivity index (χ3n) is 2.39. The SMILES string of the molecule is Cn1c(CSCc2ccc(F)cc2)n[nH]c1=S. The van der Waals surface area contributed by atoms with Crippen LogP contribution in [0, 0.1) is 10.6 Å². The summed E-state index contributed by atoms with van der Waals surface area (Å²) in [6.07, 6.45) is 0. The molecule has 2 aromatic rings. The van der Waals surface area contributed by atoms with Crippen molar-refractivity contribution in [2.24, 2.45) is 7.05 Å². The fourth-order valence-electron chi connectivity index (χ4n) is 1.35. The molecule has 3 nitrogen and oxygen atoms in total. The molecule has 1 heterocycles. The van der Waals surface area contributed by atoms with Gasteiger partial charge in [0.2, 0.25) is 0 Å². The monoisotopic (exact) mass is 269 g/mol. The van der Waals surface area contributed by atoms with Crippen molar-refractivity contribution in [1.82, 2.24) is 14.8 Å². The van der Waals surface area contributed by atoms with Crippen molar-refractivity contribution < 1.29 is 4.39 Å². The highest BCUT2D eigenvalue weighted by molar-refractivity contribution is 7.97. The van der Waals surface area contributed by atoms with Crippen LogP contribution >= 0.6 is 24.0 Å². The van der Waals surface area contributed by atoms with E-state index in [9.17, 15) is 4.39 Å². The Balaban J connectivity index is 1.90. The van der Waals surface area contributed by atoms with Gasteiger partial charge in [-0.1, -0.05) is 12.1 Å².